The summed E-state index contributed by atoms with van der Waals surface area (Å²) < 4.78 is 77.1. The minimum Gasteiger partial charge on any atom is -0.443 e. The number of carbonyl (C=O) groups is 2. The van der Waals surface area contributed by atoms with Gasteiger partial charge in [-0.05, 0) is 19.3 Å². The number of rotatable bonds is 4. The predicted octanol–water partition coefficient (Wildman–Crippen LogP) is 3.95. The lowest BCUT2D eigenvalue weighted by molar-refractivity contribution is -0.313. The highest BCUT2D eigenvalue weighted by Crippen LogP contribution is 2.38. The lowest BCUT2D eigenvalue weighted by atomic mass is 9.72. The van der Waals surface area contributed by atoms with E-state index in [1.54, 1.807) is 6.92 Å². The van der Waals surface area contributed by atoms with E-state index in [1.807, 2.05) is 0 Å². The minimum absolute atomic E-state index is 0.118. The van der Waals surface area contributed by atoms with Crippen LogP contribution in [0.15, 0.2) is 0 Å². The van der Waals surface area contributed by atoms with Gasteiger partial charge in [0.1, 0.15) is 5.78 Å². The molecule has 1 aliphatic carbocycles. The van der Waals surface area contributed by atoms with E-state index in [1.165, 1.54) is 0 Å². The Morgan fingerprint density at radius 3 is 2.18 bits per heavy atom. The molecule has 22 heavy (non-hydrogen) atoms. The van der Waals surface area contributed by atoms with E-state index in [-0.39, 0.29) is 12.2 Å². The van der Waals surface area contributed by atoms with Gasteiger partial charge in [0, 0.05) is 18.3 Å². The van der Waals surface area contributed by atoms with Crippen LogP contribution in [0, 0.1) is 5.41 Å². The Morgan fingerprint density at radius 2 is 1.73 bits per heavy atom. The van der Waals surface area contributed by atoms with E-state index in [4.69, 9.17) is 0 Å². The number of hydrogen-bond donors (Lipinski definition) is 0. The Balaban J connectivity index is 2.63. The Hall–Kier alpha value is -1.28. The Kier molecular flexibility index (Phi) is 5.51. The second-order valence-electron chi connectivity index (χ2n) is 5.64. The van der Waals surface area contributed by atoms with Crippen molar-refractivity contribution >= 4 is 11.8 Å². The van der Waals surface area contributed by atoms with E-state index in [0.717, 1.165) is 6.42 Å². The van der Waals surface area contributed by atoms with E-state index in [2.05, 4.69) is 4.74 Å². The van der Waals surface area contributed by atoms with Crippen LogP contribution in [0.3, 0.4) is 0 Å². The number of halogens is 6. The van der Waals surface area contributed by atoms with Crippen LogP contribution in [0.5, 0.6) is 0 Å². The molecule has 0 radical (unpaired) electrons. The number of hydrogen-bond acceptors (Lipinski definition) is 3. The van der Waals surface area contributed by atoms with Gasteiger partial charge in [0.05, 0.1) is 0 Å². The summed E-state index contributed by atoms with van der Waals surface area (Å²) >= 11 is 0. The molecular weight excluding hydrogens is 318 g/mol. The monoisotopic (exact) mass is 334 g/mol. The first-order chi connectivity index (χ1) is 9.86. The quantitative estimate of drug-likeness (QED) is 0.577. The molecule has 0 aromatic heterocycles. The van der Waals surface area contributed by atoms with Crippen molar-refractivity contribution < 1.29 is 40.7 Å². The predicted molar refractivity (Wildman–Crippen MR) is 62.8 cm³/mol. The van der Waals surface area contributed by atoms with E-state index in [0.29, 0.717) is 19.3 Å². The van der Waals surface area contributed by atoms with Gasteiger partial charge in [-0.2, -0.15) is 26.3 Å². The highest BCUT2D eigenvalue weighted by molar-refractivity contribution is 5.85. The normalized spacial score (nSPS) is 23.7. The fourth-order valence-corrected chi connectivity index (χ4v) is 2.39. The molecule has 1 saturated carbocycles. The highest BCUT2D eigenvalue weighted by atomic mass is 19.4. The first-order valence-corrected chi connectivity index (χ1v) is 6.72. The minimum atomic E-state index is -5.72. The standard InChI is InChI=1S/C13H16F6O3/c1-11(6-3-2-4-8(11)20)7-5-9(21)22-10(12(14,15)16)13(17,18)19/h10H,2-7H2,1H3. The smallest absolute Gasteiger partial charge is 0.434 e. The third-order valence-corrected chi connectivity index (χ3v) is 3.78. The first kappa shape index (κ1) is 18.8. The number of alkyl halides is 6. The molecule has 0 bridgehead atoms. The maximum Gasteiger partial charge on any atom is 0.434 e. The molecule has 1 fully saturated rings. The summed E-state index contributed by atoms with van der Waals surface area (Å²) in [6, 6.07) is 0. The summed E-state index contributed by atoms with van der Waals surface area (Å²) in [6.07, 6.45) is -14.2. The summed E-state index contributed by atoms with van der Waals surface area (Å²) in [7, 11) is 0. The molecule has 0 amide bonds. The molecule has 0 spiro atoms. The number of esters is 1. The topological polar surface area (TPSA) is 43.4 Å². The zero-order valence-electron chi connectivity index (χ0n) is 11.8. The Bertz CT molecular complexity index is 414. The van der Waals surface area contributed by atoms with Gasteiger partial charge < -0.3 is 4.74 Å². The van der Waals surface area contributed by atoms with E-state index >= 15 is 0 Å². The molecule has 1 atom stereocenters. The van der Waals surface area contributed by atoms with Crippen molar-refractivity contribution in [3.8, 4) is 0 Å². The lowest BCUT2D eigenvalue weighted by Gasteiger charge is -2.32. The van der Waals surface area contributed by atoms with Gasteiger partial charge >= 0.3 is 18.3 Å². The van der Waals surface area contributed by atoms with Crippen LogP contribution < -0.4 is 0 Å². The largest absolute Gasteiger partial charge is 0.443 e. The first-order valence-electron chi connectivity index (χ1n) is 6.72. The van der Waals surface area contributed by atoms with Crippen LogP contribution in [0.25, 0.3) is 0 Å². The van der Waals surface area contributed by atoms with E-state index < -0.39 is 36.3 Å². The summed E-state index contributed by atoms with van der Waals surface area (Å²) in [5, 5.41) is 0. The molecule has 1 rings (SSSR count). The van der Waals surface area contributed by atoms with E-state index in [9.17, 15) is 35.9 Å². The summed E-state index contributed by atoms with van der Waals surface area (Å²) in [5.41, 5.74) is -0.886. The van der Waals surface area contributed by atoms with Crippen LogP contribution in [-0.2, 0) is 14.3 Å². The molecule has 0 aliphatic heterocycles. The van der Waals surface area contributed by atoms with Gasteiger partial charge in [-0.15, -0.1) is 0 Å². The molecule has 1 unspecified atom stereocenters. The third-order valence-electron chi connectivity index (χ3n) is 3.78. The van der Waals surface area contributed by atoms with Gasteiger partial charge in [0.15, 0.2) is 0 Å². The second kappa shape index (κ2) is 6.45. The maximum absolute atomic E-state index is 12.3. The van der Waals surface area contributed by atoms with Crippen LogP contribution in [-0.4, -0.2) is 30.2 Å². The van der Waals surface area contributed by atoms with Crippen molar-refractivity contribution in [2.24, 2.45) is 5.41 Å². The number of ether oxygens (including phenoxy) is 1. The van der Waals surface area contributed by atoms with Crippen molar-refractivity contribution in [1.29, 1.82) is 0 Å². The maximum atomic E-state index is 12.3. The van der Waals surface area contributed by atoms with Crippen molar-refractivity contribution in [2.45, 2.75) is 63.9 Å². The van der Waals surface area contributed by atoms with Gasteiger partial charge in [-0.1, -0.05) is 13.3 Å². The number of ketones is 1. The zero-order valence-corrected chi connectivity index (χ0v) is 11.8. The van der Waals surface area contributed by atoms with Gasteiger partial charge in [-0.25, -0.2) is 0 Å². The summed E-state index contributed by atoms with van der Waals surface area (Å²) in [5.74, 6) is -1.74. The van der Waals surface area contributed by atoms with Crippen LogP contribution >= 0.6 is 0 Å². The molecule has 0 aromatic rings. The van der Waals surface area contributed by atoms with Crippen molar-refractivity contribution in [3.63, 3.8) is 0 Å². The Labute approximate surface area is 123 Å². The Morgan fingerprint density at radius 1 is 1.18 bits per heavy atom. The summed E-state index contributed by atoms with van der Waals surface area (Å²) in [4.78, 5) is 23.1. The fraction of sp³-hybridized carbons (Fsp3) is 0.846. The zero-order chi connectivity index (χ0) is 17.2. The molecule has 1 aliphatic rings. The van der Waals surface area contributed by atoms with Crippen molar-refractivity contribution in [2.75, 3.05) is 0 Å². The number of Topliss-reactive ketones (excluding diaryl/α,β-unsaturated/α-hetero) is 1. The van der Waals surface area contributed by atoms with Crippen LogP contribution in [0.2, 0.25) is 0 Å². The average molecular weight is 334 g/mol. The fourth-order valence-electron chi connectivity index (χ4n) is 2.39. The average Bonchev–Trinajstić information content (AvgIpc) is 2.35. The number of carbonyl (C=O) groups excluding carboxylic acids is 2. The molecule has 3 nitrogen and oxygen atoms in total. The summed E-state index contributed by atoms with van der Waals surface area (Å²) in [6.45, 7) is 1.56. The van der Waals surface area contributed by atoms with Gasteiger partial charge in [-0.3, -0.25) is 9.59 Å². The molecule has 0 N–H and O–H groups in total. The molecule has 0 saturated heterocycles. The van der Waals surface area contributed by atoms with Crippen molar-refractivity contribution in [3.05, 3.63) is 0 Å². The van der Waals surface area contributed by atoms with Crippen molar-refractivity contribution in [1.82, 2.24) is 0 Å². The van der Waals surface area contributed by atoms with Gasteiger partial charge in [0.25, 0.3) is 6.10 Å². The van der Waals surface area contributed by atoms with Crippen LogP contribution in [0.4, 0.5) is 26.3 Å². The SMILES string of the molecule is CC1(CCC(=O)OC(C(F)(F)F)C(F)(F)F)CCCCC1=O. The molecule has 0 heterocycles. The molecular formula is C13H16F6O3. The lowest BCUT2D eigenvalue weighted by Crippen LogP contribution is -2.45. The third kappa shape index (κ3) is 4.88. The molecule has 0 aromatic carbocycles. The second-order valence-corrected chi connectivity index (χ2v) is 5.64. The van der Waals surface area contributed by atoms with Crippen LogP contribution in [0.1, 0.15) is 45.4 Å². The van der Waals surface area contributed by atoms with Gasteiger partial charge in [0.2, 0.25) is 0 Å². The molecule has 128 valence electrons. The molecule has 9 heteroatoms. The highest BCUT2D eigenvalue weighted by Gasteiger charge is 2.59.